The smallest absolute Gasteiger partial charge is 0.228 e. The monoisotopic (exact) mass is 394 g/mol. The summed E-state index contributed by atoms with van der Waals surface area (Å²) in [5.41, 5.74) is 5.74. The van der Waals surface area contributed by atoms with E-state index in [9.17, 15) is 4.79 Å². The van der Waals surface area contributed by atoms with Crippen LogP contribution in [0.2, 0.25) is 5.02 Å². The number of aromatic nitrogens is 5. The van der Waals surface area contributed by atoms with Gasteiger partial charge < -0.3 is 5.32 Å². The summed E-state index contributed by atoms with van der Waals surface area (Å²) in [6, 6.07) is 9.32. The molecule has 3 aromatic heterocycles. The Morgan fingerprint density at radius 3 is 2.71 bits per heavy atom. The largest absolute Gasteiger partial charge is 0.324 e. The van der Waals surface area contributed by atoms with Crippen LogP contribution in [-0.4, -0.2) is 30.9 Å². The van der Waals surface area contributed by atoms with Gasteiger partial charge >= 0.3 is 0 Å². The Labute approximate surface area is 166 Å². The van der Waals surface area contributed by atoms with Crippen molar-refractivity contribution >= 4 is 34.2 Å². The van der Waals surface area contributed by atoms with Crippen LogP contribution in [0.4, 0.5) is 5.69 Å². The number of fused-ring (bicyclic) bond motifs is 1. The molecule has 2 N–H and O–H groups in total. The summed E-state index contributed by atoms with van der Waals surface area (Å²) in [6.45, 7) is 5.78. The number of carbonyl (C=O) groups excluding carboxylic acids is 1. The van der Waals surface area contributed by atoms with Gasteiger partial charge in [0.05, 0.1) is 29.7 Å². The molecular weight excluding hydrogens is 376 g/mol. The van der Waals surface area contributed by atoms with Crippen LogP contribution in [0.3, 0.4) is 0 Å². The molecule has 1 aromatic carbocycles. The van der Waals surface area contributed by atoms with Gasteiger partial charge in [-0.2, -0.15) is 10.2 Å². The highest BCUT2D eigenvalue weighted by molar-refractivity contribution is 6.30. The van der Waals surface area contributed by atoms with E-state index in [-0.39, 0.29) is 12.3 Å². The number of hydrogen-bond acceptors (Lipinski definition) is 4. The molecule has 7 nitrogen and oxygen atoms in total. The molecule has 0 unspecified atom stereocenters. The number of pyridine rings is 1. The second kappa shape index (κ2) is 7.09. The number of aromatic amines is 1. The number of H-pyrrole nitrogens is 1. The molecule has 0 aliphatic carbocycles. The van der Waals surface area contributed by atoms with Crippen LogP contribution in [0.5, 0.6) is 0 Å². The molecule has 142 valence electrons. The highest BCUT2D eigenvalue weighted by Crippen LogP contribution is 2.21. The highest BCUT2D eigenvalue weighted by atomic mass is 35.5. The van der Waals surface area contributed by atoms with E-state index in [2.05, 4.69) is 25.6 Å². The number of nitrogens with zero attached hydrogens (tertiary/aromatic N) is 4. The molecular formula is C20H19ClN6O. The first kappa shape index (κ1) is 18.2. The second-order valence-electron chi connectivity index (χ2n) is 6.71. The molecule has 0 atom stereocenters. The van der Waals surface area contributed by atoms with Crippen molar-refractivity contribution in [3.8, 4) is 5.69 Å². The maximum atomic E-state index is 12.6. The molecule has 0 bridgehead atoms. The molecule has 3 heterocycles. The molecule has 0 radical (unpaired) electrons. The Morgan fingerprint density at radius 1 is 1.21 bits per heavy atom. The maximum Gasteiger partial charge on any atom is 0.228 e. The number of nitrogens with one attached hydrogen (secondary N) is 2. The minimum absolute atomic E-state index is 0.121. The van der Waals surface area contributed by atoms with Crippen LogP contribution in [0, 0.1) is 20.8 Å². The van der Waals surface area contributed by atoms with Crippen molar-refractivity contribution in [2.24, 2.45) is 0 Å². The van der Waals surface area contributed by atoms with Crippen molar-refractivity contribution in [3.05, 3.63) is 64.2 Å². The van der Waals surface area contributed by atoms with Gasteiger partial charge in [-0.15, -0.1) is 0 Å². The third-order valence-corrected chi connectivity index (χ3v) is 4.99. The van der Waals surface area contributed by atoms with Gasteiger partial charge in [0.25, 0.3) is 0 Å². The fourth-order valence-electron chi connectivity index (χ4n) is 3.22. The van der Waals surface area contributed by atoms with Crippen LogP contribution < -0.4 is 5.32 Å². The Bertz CT molecular complexity index is 1180. The van der Waals surface area contributed by atoms with Crippen molar-refractivity contribution in [2.45, 2.75) is 27.2 Å². The van der Waals surface area contributed by atoms with Gasteiger partial charge in [-0.05, 0) is 51.1 Å². The lowest BCUT2D eigenvalue weighted by Gasteiger charge is -2.07. The average molecular weight is 395 g/mol. The molecule has 0 fully saturated rings. The Kier molecular flexibility index (Phi) is 4.60. The van der Waals surface area contributed by atoms with Crippen molar-refractivity contribution in [2.75, 3.05) is 5.32 Å². The number of anilines is 1. The molecule has 4 aromatic rings. The minimum atomic E-state index is -0.121. The molecule has 0 aliphatic heterocycles. The maximum absolute atomic E-state index is 12.6. The van der Waals surface area contributed by atoms with Crippen LogP contribution in [0.1, 0.15) is 22.6 Å². The van der Waals surface area contributed by atoms with E-state index < -0.39 is 0 Å². The van der Waals surface area contributed by atoms with Gasteiger partial charge in [0.15, 0.2) is 5.65 Å². The van der Waals surface area contributed by atoms with Gasteiger partial charge in [-0.3, -0.25) is 9.89 Å². The second-order valence-corrected chi connectivity index (χ2v) is 7.14. The molecule has 8 heteroatoms. The number of hydrogen-bond donors (Lipinski definition) is 2. The summed E-state index contributed by atoms with van der Waals surface area (Å²) in [5, 5.41) is 16.0. The van der Waals surface area contributed by atoms with Gasteiger partial charge in [-0.1, -0.05) is 11.6 Å². The van der Waals surface area contributed by atoms with E-state index >= 15 is 0 Å². The minimum Gasteiger partial charge on any atom is -0.324 e. The fraction of sp³-hybridized carbons (Fsp3) is 0.200. The van der Waals surface area contributed by atoms with E-state index in [1.54, 1.807) is 6.20 Å². The first-order chi connectivity index (χ1) is 13.4. The van der Waals surface area contributed by atoms with Crippen LogP contribution in [-0.2, 0) is 11.2 Å². The Hall–Kier alpha value is -3.19. The lowest BCUT2D eigenvalue weighted by Crippen LogP contribution is -2.15. The third-order valence-electron chi connectivity index (χ3n) is 4.73. The summed E-state index contributed by atoms with van der Waals surface area (Å²) < 4.78 is 1.83. The number of rotatable bonds is 4. The van der Waals surface area contributed by atoms with Crippen molar-refractivity contribution < 1.29 is 4.79 Å². The SMILES string of the molecule is Cc1nn(-c2ccc(Cl)cc2)c(C)c1CC(=O)Nc1cnc2n[nH]c(C)c2c1. The van der Waals surface area contributed by atoms with Gasteiger partial charge in [0.1, 0.15) is 0 Å². The van der Waals surface area contributed by atoms with Crippen LogP contribution in [0.25, 0.3) is 16.7 Å². The molecule has 0 spiro atoms. The Balaban J connectivity index is 1.55. The van der Waals surface area contributed by atoms with E-state index in [1.165, 1.54) is 0 Å². The third kappa shape index (κ3) is 3.36. The molecule has 0 saturated heterocycles. The van der Waals surface area contributed by atoms with E-state index in [0.29, 0.717) is 16.4 Å². The zero-order chi connectivity index (χ0) is 19.8. The summed E-state index contributed by atoms with van der Waals surface area (Å²) in [7, 11) is 0. The number of amides is 1. The standard InChI is InChI=1S/C20H19ClN6O/c1-11-18-8-15(10-22-20(18)25-24-11)23-19(28)9-17-12(2)26-27(13(17)3)16-6-4-14(21)5-7-16/h4-8,10H,9H2,1-3H3,(H,23,28)(H,22,24,25). The van der Waals surface area contributed by atoms with E-state index in [0.717, 1.165) is 33.7 Å². The van der Waals surface area contributed by atoms with Crippen molar-refractivity contribution in [1.29, 1.82) is 0 Å². The average Bonchev–Trinajstić information content (AvgIpc) is 3.17. The van der Waals surface area contributed by atoms with Gasteiger partial charge in [0, 0.05) is 27.4 Å². The lowest BCUT2D eigenvalue weighted by molar-refractivity contribution is -0.115. The quantitative estimate of drug-likeness (QED) is 0.549. The van der Waals surface area contributed by atoms with Crippen LogP contribution >= 0.6 is 11.6 Å². The molecule has 1 amide bonds. The first-order valence-electron chi connectivity index (χ1n) is 8.84. The zero-order valence-electron chi connectivity index (χ0n) is 15.7. The van der Waals surface area contributed by atoms with Gasteiger partial charge in [-0.25, -0.2) is 9.67 Å². The molecule has 28 heavy (non-hydrogen) atoms. The fourth-order valence-corrected chi connectivity index (χ4v) is 3.34. The highest BCUT2D eigenvalue weighted by Gasteiger charge is 2.16. The van der Waals surface area contributed by atoms with E-state index in [1.807, 2.05) is 55.8 Å². The van der Waals surface area contributed by atoms with E-state index in [4.69, 9.17) is 11.6 Å². The Morgan fingerprint density at radius 2 is 1.96 bits per heavy atom. The van der Waals surface area contributed by atoms with Crippen LogP contribution in [0.15, 0.2) is 36.5 Å². The van der Waals surface area contributed by atoms with Crippen molar-refractivity contribution in [3.63, 3.8) is 0 Å². The molecule has 0 saturated carbocycles. The number of halogens is 1. The predicted molar refractivity (Wildman–Crippen MR) is 109 cm³/mol. The molecule has 4 rings (SSSR count). The topological polar surface area (TPSA) is 88.5 Å². The molecule has 0 aliphatic rings. The summed E-state index contributed by atoms with van der Waals surface area (Å²) >= 11 is 5.97. The summed E-state index contributed by atoms with van der Waals surface area (Å²) in [6.07, 6.45) is 1.84. The summed E-state index contributed by atoms with van der Waals surface area (Å²) in [5.74, 6) is -0.121. The zero-order valence-corrected chi connectivity index (χ0v) is 16.5. The number of benzene rings is 1. The first-order valence-corrected chi connectivity index (χ1v) is 9.22. The van der Waals surface area contributed by atoms with Gasteiger partial charge in [0.2, 0.25) is 5.91 Å². The predicted octanol–water partition coefficient (Wildman–Crippen LogP) is 3.90. The normalized spacial score (nSPS) is 11.1. The number of aryl methyl sites for hydroxylation is 2. The lowest BCUT2D eigenvalue weighted by atomic mass is 10.1. The number of carbonyl (C=O) groups is 1. The summed E-state index contributed by atoms with van der Waals surface area (Å²) in [4.78, 5) is 16.9. The van der Waals surface area contributed by atoms with Crippen molar-refractivity contribution in [1.82, 2.24) is 25.0 Å².